The molecular weight excluding hydrogens is 328 g/mol. The Morgan fingerprint density at radius 1 is 1.04 bits per heavy atom. The first-order valence-electron chi connectivity index (χ1n) is 7.46. The fourth-order valence-electron chi connectivity index (χ4n) is 1.97. The molecule has 0 saturated carbocycles. The number of hydrogen-bond donors (Lipinski definition) is 2. The fraction of sp³-hybridized carbons (Fsp3) is 0.222. The topological polar surface area (TPSA) is 67.4 Å². The Bertz CT molecular complexity index is 762. The number of aryl methyl sites for hydroxylation is 2. The molecule has 2 aromatic carbocycles. The second-order valence-corrected chi connectivity index (χ2v) is 5.90. The van der Waals surface area contributed by atoms with E-state index in [1.165, 1.54) is 6.07 Å². The van der Waals surface area contributed by atoms with Crippen LogP contribution in [0, 0.1) is 13.8 Å². The number of carbonyl (C=O) groups excluding carboxylic acids is 2. The molecule has 2 amide bonds. The zero-order valence-electron chi connectivity index (χ0n) is 13.7. The van der Waals surface area contributed by atoms with Crippen molar-refractivity contribution in [3.63, 3.8) is 0 Å². The van der Waals surface area contributed by atoms with E-state index in [4.69, 9.17) is 16.3 Å². The lowest BCUT2D eigenvalue weighted by molar-refractivity contribution is -0.128. The minimum absolute atomic E-state index is 0.352. The molecule has 1 unspecified atom stereocenters. The van der Waals surface area contributed by atoms with Crippen LogP contribution in [0.1, 0.15) is 28.4 Å². The molecular formula is C18H19ClN2O3. The van der Waals surface area contributed by atoms with Crippen LogP contribution in [0.3, 0.4) is 0 Å². The maximum absolute atomic E-state index is 12.0. The molecule has 0 aliphatic carbocycles. The summed E-state index contributed by atoms with van der Waals surface area (Å²) in [6.45, 7) is 5.58. The second-order valence-electron chi connectivity index (χ2n) is 5.46. The van der Waals surface area contributed by atoms with Gasteiger partial charge in [-0.1, -0.05) is 23.7 Å². The molecule has 2 aromatic rings. The van der Waals surface area contributed by atoms with E-state index in [0.29, 0.717) is 16.3 Å². The van der Waals surface area contributed by atoms with E-state index in [1.807, 2.05) is 26.0 Å². The van der Waals surface area contributed by atoms with E-state index < -0.39 is 17.9 Å². The predicted molar refractivity (Wildman–Crippen MR) is 93.1 cm³/mol. The van der Waals surface area contributed by atoms with Crippen LogP contribution in [0.4, 0.5) is 0 Å². The molecule has 0 spiro atoms. The highest BCUT2D eigenvalue weighted by atomic mass is 35.5. The van der Waals surface area contributed by atoms with Crippen LogP contribution < -0.4 is 15.6 Å². The largest absolute Gasteiger partial charge is 0.481 e. The van der Waals surface area contributed by atoms with Gasteiger partial charge in [-0.15, -0.1) is 0 Å². The number of halogens is 1. The van der Waals surface area contributed by atoms with E-state index in [0.717, 1.165) is 11.1 Å². The highest BCUT2D eigenvalue weighted by molar-refractivity contribution is 6.30. The third-order valence-corrected chi connectivity index (χ3v) is 3.78. The summed E-state index contributed by atoms with van der Waals surface area (Å²) in [5, 5.41) is 0.445. The molecule has 0 bridgehead atoms. The minimum atomic E-state index is -0.758. The molecule has 24 heavy (non-hydrogen) atoms. The van der Waals surface area contributed by atoms with Crippen molar-refractivity contribution in [1.82, 2.24) is 10.9 Å². The number of carbonyl (C=O) groups is 2. The molecule has 126 valence electrons. The highest BCUT2D eigenvalue weighted by Gasteiger charge is 2.16. The van der Waals surface area contributed by atoms with Crippen LogP contribution in [-0.4, -0.2) is 17.9 Å². The van der Waals surface area contributed by atoms with Crippen LogP contribution >= 0.6 is 11.6 Å². The van der Waals surface area contributed by atoms with Gasteiger partial charge in [-0.2, -0.15) is 0 Å². The van der Waals surface area contributed by atoms with Crippen molar-refractivity contribution in [2.45, 2.75) is 26.9 Å². The van der Waals surface area contributed by atoms with Gasteiger partial charge in [-0.25, -0.2) is 0 Å². The van der Waals surface area contributed by atoms with Crippen molar-refractivity contribution < 1.29 is 14.3 Å². The molecule has 1 atom stereocenters. The van der Waals surface area contributed by atoms with Crippen LogP contribution in [0.15, 0.2) is 42.5 Å². The molecule has 0 saturated heterocycles. The van der Waals surface area contributed by atoms with Crippen LogP contribution in [0.25, 0.3) is 0 Å². The number of nitrogens with one attached hydrogen (secondary N) is 2. The van der Waals surface area contributed by atoms with Gasteiger partial charge in [0.15, 0.2) is 6.10 Å². The van der Waals surface area contributed by atoms with Gasteiger partial charge in [0, 0.05) is 10.6 Å². The summed E-state index contributed by atoms with van der Waals surface area (Å²) < 4.78 is 5.58. The Kier molecular flexibility index (Phi) is 5.82. The van der Waals surface area contributed by atoms with Crippen molar-refractivity contribution >= 4 is 23.4 Å². The van der Waals surface area contributed by atoms with Gasteiger partial charge in [0.05, 0.1) is 0 Å². The lowest BCUT2D eigenvalue weighted by atomic mass is 10.1. The number of hydrogen-bond acceptors (Lipinski definition) is 3. The molecule has 0 aliphatic rings. The minimum Gasteiger partial charge on any atom is -0.481 e. The molecule has 0 aromatic heterocycles. The summed E-state index contributed by atoms with van der Waals surface area (Å²) in [5.41, 5.74) is 7.25. The quantitative estimate of drug-likeness (QED) is 0.835. The molecule has 0 fully saturated rings. The SMILES string of the molecule is Cc1ccc(OC(C)C(=O)NNC(=O)c2cccc(Cl)c2)cc1C. The smallest absolute Gasteiger partial charge is 0.279 e. The molecule has 2 rings (SSSR count). The Morgan fingerprint density at radius 3 is 2.46 bits per heavy atom. The average molecular weight is 347 g/mol. The summed E-state index contributed by atoms with van der Waals surface area (Å²) >= 11 is 5.83. The van der Waals surface area contributed by atoms with Gasteiger partial charge in [0.2, 0.25) is 0 Å². The van der Waals surface area contributed by atoms with Gasteiger partial charge in [0.1, 0.15) is 5.75 Å². The lowest BCUT2D eigenvalue weighted by Crippen LogP contribution is -2.47. The van der Waals surface area contributed by atoms with Gasteiger partial charge < -0.3 is 4.74 Å². The monoisotopic (exact) mass is 346 g/mol. The van der Waals surface area contributed by atoms with Gasteiger partial charge in [-0.05, 0) is 62.2 Å². The number of hydrazine groups is 1. The Morgan fingerprint density at radius 2 is 1.79 bits per heavy atom. The lowest BCUT2D eigenvalue weighted by Gasteiger charge is -2.16. The summed E-state index contributed by atoms with van der Waals surface area (Å²) in [5.74, 6) is -0.310. The number of amides is 2. The number of ether oxygens (including phenoxy) is 1. The molecule has 0 aliphatic heterocycles. The summed E-state index contributed by atoms with van der Waals surface area (Å²) in [6, 6.07) is 12.0. The maximum Gasteiger partial charge on any atom is 0.279 e. The molecule has 0 heterocycles. The number of rotatable bonds is 4. The third-order valence-electron chi connectivity index (χ3n) is 3.55. The number of benzene rings is 2. The van der Waals surface area contributed by atoms with Crippen LogP contribution in [0.5, 0.6) is 5.75 Å². The van der Waals surface area contributed by atoms with Crippen molar-refractivity contribution in [3.8, 4) is 5.75 Å². The van der Waals surface area contributed by atoms with Crippen LogP contribution in [-0.2, 0) is 4.79 Å². The molecule has 2 N–H and O–H groups in total. The molecule has 5 nitrogen and oxygen atoms in total. The first-order valence-corrected chi connectivity index (χ1v) is 7.84. The summed E-state index contributed by atoms with van der Waals surface area (Å²) in [4.78, 5) is 24.0. The zero-order valence-corrected chi connectivity index (χ0v) is 14.5. The summed E-state index contributed by atoms with van der Waals surface area (Å²) in [6.07, 6.45) is -0.758. The van der Waals surface area contributed by atoms with Gasteiger partial charge in [-0.3, -0.25) is 20.4 Å². The Hall–Kier alpha value is -2.53. The zero-order chi connectivity index (χ0) is 17.7. The first kappa shape index (κ1) is 17.8. The molecule has 0 radical (unpaired) electrons. The van der Waals surface area contributed by atoms with E-state index in [1.54, 1.807) is 31.2 Å². The van der Waals surface area contributed by atoms with Crippen molar-refractivity contribution in [2.75, 3.05) is 0 Å². The fourth-order valence-corrected chi connectivity index (χ4v) is 2.16. The normalized spacial score (nSPS) is 11.5. The average Bonchev–Trinajstić information content (AvgIpc) is 2.55. The van der Waals surface area contributed by atoms with E-state index in [-0.39, 0.29) is 0 Å². The van der Waals surface area contributed by atoms with E-state index in [2.05, 4.69) is 10.9 Å². The standard InChI is InChI=1S/C18H19ClN2O3/c1-11-7-8-16(9-12(11)2)24-13(3)17(22)20-21-18(23)14-5-4-6-15(19)10-14/h4-10,13H,1-3H3,(H,20,22)(H,21,23). The van der Waals surface area contributed by atoms with Crippen molar-refractivity contribution in [3.05, 3.63) is 64.2 Å². The van der Waals surface area contributed by atoms with Gasteiger partial charge in [0.25, 0.3) is 11.8 Å². The maximum atomic E-state index is 12.0. The highest BCUT2D eigenvalue weighted by Crippen LogP contribution is 2.17. The Labute approximate surface area is 145 Å². The van der Waals surface area contributed by atoms with E-state index >= 15 is 0 Å². The second kappa shape index (κ2) is 7.84. The predicted octanol–water partition coefficient (Wildman–Crippen LogP) is 3.19. The van der Waals surface area contributed by atoms with E-state index in [9.17, 15) is 9.59 Å². The third kappa shape index (κ3) is 4.73. The summed E-state index contributed by atoms with van der Waals surface area (Å²) in [7, 11) is 0. The Balaban J connectivity index is 1.89. The molecule has 6 heteroatoms. The first-order chi connectivity index (χ1) is 11.4. The van der Waals surface area contributed by atoms with Crippen LogP contribution in [0.2, 0.25) is 5.02 Å². The van der Waals surface area contributed by atoms with Crippen molar-refractivity contribution in [2.24, 2.45) is 0 Å². The van der Waals surface area contributed by atoms with Gasteiger partial charge >= 0.3 is 0 Å². The van der Waals surface area contributed by atoms with Crippen molar-refractivity contribution in [1.29, 1.82) is 0 Å².